The van der Waals surface area contributed by atoms with Gasteiger partial charge >= 0.3 is 0 Å². The van der Waals surface area contributed by atoms with Gasteiger partial charge in [0.15, 0.2) is 0 Å². The predicted octanol–water partition coefficient (Wildman–Crippen LogP) is 5.29. The van der Waals surface area contributed by atoms with E-state index in [1.165, 1.54) is 38.5 Å². The van der Waals surface area contributed by atoms with E-state index in [2.05, 4.69) is 79.3 Å². The summed E-state index contributed by atoms with van der Waals surface area (Å²) in [6.07, 6.45) is 11.8. The lowest BCUT2D eigenvalue weighted by molar-refractivity contribution is -0.0638. The Morgan fingerprint density at radius 1 is 0.533 bits per heavy atom. The van der Waals surface area contributed by atoms with Gasteiger partial charge in [-0.25, -0.2) is 0 Å². The van der Waals surface area contributed by atoms with Crippen LogP contribution in [-0.4, -0.2) is 57.1 Å². The first-order valence-corrected chi connectivity index (χ1v) is 12.5. The molecule has 0 saturated carbocycles. The molecule has 0 bridgehead atoms. The van der Waals surface area contributed by atoms with Gasteiger partial charge in [0.1, 0.15) is 0 Å². The van der Waals surface area contributed by atoms with Gasteiger partial charge in [0.25, 0.3) is 0 Å². The number of rotatable bonds is 7. The zero-order valence-electron chi connectivity index (χ0n) is 22.1. The van der Waals surface area contributed by atoms with Crippen molar-refractivity contribution in [1.82, 2.24) is 9.80 Å². The Morgan fingerprint density at radius 2 is 0.833 bits per heavy atom. The lowest BCUT2D eigenvalue weighted by Crippen LogP contribution is -2.72. The van der Waals surface area contributed by atoms with E-state index in [1.807, 2.05) is 0 Å². The predicted molar refractivity (Wildman–Crippen MR) is 132 cm³/mol. The van der Waals surface area contributed by atoms with Crippen LogP contribution < -0.4 is 11.5 Å². The van der Waals surface area contributed by atoms with E-state index in [9.17, 15) is 0 Å². The largest absolute Gasteiger partial charge is 0.324 e. The topological polar surface area (TPSA) is 58.5 Å². The van der Waals surface area contributed by atoms with Crippen molar-refractivity contribution < 1.29 is 0 Å². The van der Waals surface area contributed by atoms with Crippen LogP contribution in [0, 0.1) is 0 Å². The molecular weight excluding hydrogens is 368 g/mol. The fourth-order valence-corrected chi connectivity index (χ4v) is 6.28. The molecule has 4 nitrogen and oxygen atoms in total. The molecule has 2 aliphatic rings. The molecule has 0 radical (unpaired) electrons. The van der Waals surface area contributed by atoms with Crippen molar-refractivity contribution in [3.8, 4) is 0 Å². The molecule has 0 amide bonds. The third-order valence-corrected chi connectivity index (χ3v) is 10.3. The summed E-state index contributed by atoms with van der Waals surface area (Å²) in [5.41, 5.74) is 14.4. The average molecular weight is 423 g/mol. The number of piperidine rings is 2. The van der Waals surface area contributed by atoms with Crippen LogP contribution in [0.1, 0.15) is 120 Å². The Balaban J connectivity index is 1.82. The maximum absolute atomic E-state index is 7.01. The van der Waals surface area contributed by atoms with Crippen LogP contribution in [0.3, 0.4) is 0 Å². The molecule has 0 spiro atoms. The average Bonchev–Trinajstić information content (AvgIpc) is 2.64. The van der Waals surface area contributed by atoms with Gasteiger partial charge in [0, 0.05) is 33.2 Å². The first kappa shape index (κ1) is 26.1. The van der Waals surface area contributed by atoms with Crippen LogP contribution >= 0.6 is 0 Å². The highest BCUT2D eigenvalue weighted by molar-refractivity contribution is 5.12. The van der Waals surface area contributed by atoms with Crippen molar-refractivity contribution in [2.24, 2.45) is 11.5 Å². The Morgan fingerprint density at radius 3 is 1.13 bits per heavy atom. The molecule has 178 valence electrons. The van der Waals surface area contributed by atoms with Crippen molar-refractivity contribution in [3.05, 3.63) is 0 Å². The summed E-state index contributed by atoms with van der Waals surface area (Å²) < 4.78 is 0. The fraction of sp³-hybridized carbons (Fsp3) is 1.00. The molecule has 2 heterocycles. The van der Waals surface area contributed by atoms with Crippen molar-refractivity contribution in [1.29, 1.82) is 0 Å². The van der Waals surface area contributed by atoms with Gasteiger partial charge < -0.3 is 11.5 Å². The minimum atomic E-state index is -0.0913. The SMILES string of the molecule is CN1C(C)(C)CCC(N)(CCCCCCC2(N)CCC(C)(C)N(C)C2(C)C)C1(C)C. The minimum Gasteiger partial charge on any atom is -0.324 e. The van der Waals surface area contributed by atoms with Crippen molar-refractivity contribution in [3.63, 3.8) is 0 Å². The van der Waals surface area contributed by atoms with Gasteiger partial charge in [-0.3, -0.25) is 9.80 Å². The normalized spacial score (nSPS) is 36.0. The molecule has 0 aromatic rings. The van der Waals surface area contributed by atoms with Crippen molar-refractivity contribution in [2.75, 3.05) is 14.1 Å². The molecule has 0 aromatic heterocycles. The van der Waals surface area contributed by atoms with Gasteiger partial charge in [0.05, 0.1) is 0 Å². The maximum atomic E-state index is 7.01. The van der Waals surface area contributed by atoms with Crippen molar-refractivity contribution >= 4 is 0 Å². The molecule has 30 heavy (non-hydrogen) atoms. The van der Waals surface area contributed by atoms with E-state index >= 15 is 0 Å². The van der Waals surface area contributed by atoms with E-state index in [-0.39, 0.29) is 33.2 Å². The third kappa shape index (κ3) is 4.49. The van der Waals surface area contributed by atoms with E-state index < -0.39 is 0 Å². The lowest BCUT2D eigenvalue weighted by Gasteiger charge is -2.60. The molecule has 2 unspecified atom stereocenters. The molecule has 2 fully saturated rings. The fourth-order valence-electron chi connectivity index (χ4n) is 6.28. The summed E-state index contributed by atoms with van der Waals surface area (Å²) in [6.45, 7) is 18.8. The highest BCUT2D eigenvalue weighted by Gasteiger charge is 2.53. The second kappa shape index (κ2) is 8.32. The number of nitrogens with two attached hydrogens (primary N) is 2. The molecule has 2 rings (SSSR count). The van der Waals surface area contributed by atoms with E-state index in [4.69, 9.17) is 11.5 Å². The van der Waals surface area contributed by atoms with Crippen LogP contribution in [0.15, 0.2) is 0 Å². The van der Waals surface area contributed by atoms with Crippen LogP contribution in [-0.2, 0) is 0 Å². The number of hydrogen-bond donors (Lipinski definition) is 2. The molecule has 2 atom stereocenters. The standard InChI is InChI=1S/C26H54N4/c1-21(2)17-19-25(27,23(5,6)29(21)9)15-13-11-12-14-16-26(28)20-18-22(3,4)30(10)24(26,7)8/h11-20,27-28H2,1-10H3. The molecule has 0 aliphatic carbocycles. The number of nitrogens with zero attached hydrogens (tertiary/aromatic N) is 2. The minimum absolute atomic E-state index is 0.0274. The third-order valence-electron chi connectivity index (χ3n) is 10.3. The summed E-state index contributed by atoms with van der Waals surface area (Å²) in [5.74, 6) is 0. The van der Waals surface area contributed by atoms with Gasteiger partial charge in [-0.15, -0.1) is 0 Å². The zero-order chi connectivity index (χ0) is 23.2. The quantitative estimate of drug-likeness (QED) is 0.547. The van der Waals surface area contributed by atoms with Gasteiger partial charge in [0.2, 0.25) is 0 Å². The molecule has 4 N–H and O–H groups in total. The Labute approximate surface area is 188 Å². The van der Waals surface area contributed by atoms with Crippen LogP contribution in [0.2, 0.25) is 0 Å². The van der Waals surface area contributed by atoms with Gasteiger partial charge in [-0.2, -0.15) is 0 Å². The zero-order valence-corrected chi connectivity index (χ0v) is 22.1. The van der Waals surface area contributed by atoms with Gasteiger partial charge in [-0.1, -0.05) is 25.7 Å². The second-order valence-electron chi connectivity index (χ2n) is 13.1. The van der Waals surface area contributed by atoms with Gasteiger partial charge in [-0.05, 0) is 108 Å². The van der Waals surface area contributed by atoms with Crippen LogP contribution in [0.4, 0.5) is 0 Å². The summed E-state index contributed by atoms with van der Waals surface area (Å²) in [6, 6.07) is 0. The Kier molecular flexibility index (Phi) is 7.24. The van der Waals surface area contributed by atoms with Crippen LogP contribution in [0.5, 0.6) is 0 Å². The smallest absolute Gasteiger partial charge is 0.0336 e. The number of likely N-dealkylation sites (tertiary alicyclic amines) is 2. The first-order chi connectivity index (χ1) is 13.4. The number of likely N-dealkylation sites (N-methyl/N-ethyl adjacent to an activating group) is 2. The lowest BCUT2D eigenvalue weighted by atomic mass is 9.65. The first-order valence-electron chi connectivity index (χ1n) is 12.5. The Hall–Kier alpha value is -0.160. The van der Waals surface area contributed by atoms with Crippen LogP contribution in [0.25, 0.3) is 0 Å². The highest BCUT2D eigenvalue weighted by atomic mass is 15.3. The van der Waals surface area contributed by atoms with E-state index in [0.29, 0.717) is 0 Å². The number of unbranched alkanes of at least 4 members (excludes halogenated alkanes) is 3. The monoisotopic (exact) mass is 422 g/mol. The maximum Gasteiger partial charge on any atom is 0.0336 e. The molecular formula is C26H54N4. The molecule has 2 saturated heterocycles. The summed E-state index contributed by atoms with van der Waals surface area (Å²) in [7, 11) is 4.51. The Bertz CT molecular complexity index is 542. The van der Waals surface area contributed by atoms with Crippen molar-refractivity contribution in [2.45, 2.75) is 153 Å². The number of hydrogen-bond acceptors (Lipinski definition) is 4. The second-order valence-corrected chi connectivity index (χ2v) is 13.1. The molecule has 2 aliphatic heterocycles. The molecule has 0 aromatic carbocycles. The van der Waals surface area contributed by atoms with E-state index in [0.717, 1.165) is 25.7 Å². The summed E-state index contributed by atoms with van der Waals surface area (Å²) in [5, 5.41) is 0. The van der Waals surface area contributed by atoms with E-state index in [1.54, 1.807) is 0 Å². The summed E-state index contributed by atoms with van der Waals surface area (Å²) >= 11 is 0. The highest BCUT2D eigenvalue weighted by Crippen LogP contribution is 2.46. The molecule has 4 heteroatoms. The summed E-state index contributed by atoms with van der Waals surface area (Å²) in [4.78, 5) is 5.04.